The molecule has 0 aliphatic rings. The van der Waals surface area contributed by atoms with Crippen LogP contribution in [0, 0.1) is 18.3 Å². The van der Waals surface area contributed by atoms with Crippen LogP contribution < -0.4 is 5.32 Å². The number of nitriles is 1. The van der Waals surface area contributed by atoms with Crippen molar-refractivity contribution in [2.45, 2.75) is 23.9 Å². The zero-order valence-corrected chi connectivity index (χ0v) is 11.9. The van der Waals surface area contributed by atoms with Crippen LogP contribution in [0.25, 0.3) is 0 Å². The molecule has 1 heterocycles. The van der Waals surface area contributed by atoms with Gasteiger partial charge in [-0.15, -0.1) is 0 Å². The monoisotopic (exact) mass is 284 g/mol. The molecule has 1 amide bonds. The second-order valence-corrected chi connectivity index (χ2v) is 5.14. The number of nitrogens with zero attached hydrogens (tertiary/aromatic N) is 3. The van der Waals surface area contributed by atoms with E-state index in [4.69, 9.17) is 5.26 Å². The summed E-state index contributed by atoms with van der Waals surface area (Å²) in [7, 11) is 0. The minimum absolute atomic E-state index is 0.105. The van der Waals surface area contributed by atoms with E-state index in [1.54, 1.807) is 6.07 Å². The van der Waals surface area contributed by atoms with Crippen LogP contribution in [0.2, 0.25) is 0 Å². The van der Waals surface area contributed by atoms with Crippen LogP contribution in [0.15, 0.2) is 40.4 Å². The summed E-state index contributed by atoms with van der Waals surface area (Å²) in [5.41, 5.74) is 1.86. The van der Waals surface area contributed by atoms with Crippen molar-refractivity contribution >= 4 is 23.4 Å². The first kappa shape index (κ1) is 14.0. The van der Waals surface area contributed by atoms with Crippen LogP contribution in [-0.2, 0) is 4.79 Å². The molecule has 0 radical (unpaired) electrons. The molecule has 20 heavy (non-hydrogen) atoms. The molecule has 0 fully saturated rings. The minimum Gasteiger partial charge on any atom is -0.326 e. The molecule has 1 N–H and O–H groups in total. The number of carbonyl (C=O) groups is 1. The summed E-state index contributed by atoms with van der Waals surface area (Å²) >= 11 is 1.37. The Kier molecular flexibility index (Phi) is 4.33. The van der Waals surface area contributed by atoms with E-state index in [1.165, 1.54) is 18.7 Å². The number of rotatable bonds is 3. The Balaban J connectivity index is 2.16. The number of aromatic nitrogens is 2. The van der Waals surface area contributed by atoms with Crippen molar-refractivity contribution in [3.05, 3.63) is 41.7 Å². The van der Waals surface area contributed by atoms with Crippen molar-refractivity contribution in [1.29, 1.82) is 5.26 Å². The lowest BCUT2D eigenvalue weighted by atomic mass is 10.3. The molecule has 1 aromatic heterocycles. The van der Waals surface area contributed by atoms with Crippen LogP contribution in [0.4, 0.5) is 5.69 Å². The van der Waals surface area contributed by atoms with Gasteiger partial charge in [0.2, 0.25) is 5.91 Å². The predicted molar refractivity (Wildman–Crippen MR) is 76.4 cm³/mol. The molecule has 1 aromatic carbocycles. The van der Waals surface area contributed by atoms with Crippen LogP contribution >= 0.6 is 11.8 Å². The van der Waals surface area contributed by atoms with E-state index in [0.717, 1.165) is 16.3 Å². The molecule has 0 spiro atoms. The van der Waals surface area contributed by atoms with Crippen LogP contribution in [-0.4, -0.2) is 15.9 Å². The average molecular weight is 284 g/mol. The zero-order valence-electron chi connectivity index (χ0n) is 11.0. The number of amides is 1. The summed E-state index contributed by atoms with van der Waals surface area (Å²) in [6.45, 7) is 3.29. The quantitative estimate of drug-likeness (QED) is 0.877. The predicted octanol–water partition coefficient (Wildman–Crippen LogP) is 2.77. The zero-order chi connectivity index (χ0) is 14.5. The number of hydrogen-bond donors (Lipinski definition) is 1. The molecule has 0 bridgehead atoms. The molecule has 6 heteroatoms. The van der Waals surface area contributed by atoms with Gasteiger partial charge in [-0.05, 0) is 49.0 Å². The van der Waals surface area contributed by atoms with Gasteiger partial charge in [0.15, 0.2) is 5.16 Å². The van der Waals surface area contributed by atoms with Crippen molar-refractivity contribution in [3.63, 3.8) is 0 Å². The minimum atomic E-state index is -0.105. The maximum absolute atomic E-state index is 10.9. The second kappa shape index (κ2) is 6.17. The van der Waals surface area contributed by atoms with Gasteiger partial charge in [-0.1, -0.05) is 0 Å². The van der Waals surface area contributed by atoms with E-state index >= 15 is 0 Å². The highest BCUT2D eigenvalue weighted by Crippen LogP contribution is 2.26. The fourth-order valence-corrected chi connectivity index (χ4v) is 2.38. The highest BCUT2D eigenvalue weighted by molar-refractivity contribution is 7.99. The van der Waals surface area contributed by atoms with Gasteiger partial charge in [0.05, 0.1) is 0 Å². The third-order valence-electron chi connectivity index (χ3n) is 2.33. The number of hydrogen-bond acceptors (Lipinski definition) is 5. The summed E-state index contributed by atoms with van der Waals surface area (Å²) < 4.78 is 0. The van der Waals surface area contributed by atoms with Crippen LogP contribution in [0.3, 0.4) is 0 Å². The van der Waals surface area contributed by atoms with Gasteiger partial charge >= 0.3 is 0 Å². The number of benzene rings is 1. The van der Waals surface area contributed by atoms with Gasteiger partial charge < -0.3 is 5.32 Å². The van der Waals surface area contributed by atoms with Gasteiger partial charge in [-0.3, -0.25) is 4.79 Å². The van der Waals surface area contributed by atoms with Crippen LogP contribution in [0.5, 0.6) is 0 Å². The highest BCUT2D eigenvalue weighted by Gasteiger charge is 2.04. The average Bonchev–Trinajstić information content (AvgIpc) is 2.39. The number of aryl methyl sites for hydroxylation is 1. The largest absolute Gasteiger partial charge is 0.326 e. The first-order chi connectivity index (χ1) is 9.56. The Bertz CT molecular complexity index is 677. The van der Waals surface area contributed by atoms with Crippen LogP contribution in [0.1, 0.15) is 18.3 Å². The summed E-state index contributed by atoms with van der Waals surface area (Å²) in [5.74, 6) is -0.105. The molecular weight excluding hydrogens is 272 g/mol. The van der Waals surface area contributed by atoms with E-state index in [-0.39, 0.29) is 5.91 Å². The topological polar surface area (TPSA) is 78.7 Å². The van der Waals surface area contributed by atoms with Gasteiger partial charge in [0.1, 0.15) is 11.8 Å². The summed E-state index contributed by atoms with van der Waals surface area (Å²) in [6.07, 6.45) is 0. The maximum atomic E-state index is 10.9. The van der Waals surface area contributed by atoms with E-state index in [2.05, 4.69) is 15.3 Å². The Morgan fingerprint density at radius 1 is 1.30 bits per heavy atom. The van der Waals surface area contributed by atoms with Crippen molar-refractivity contribution in [1.82, 2.24) is 9.97 Å². The molecule has 0 aliphatic carbocycles. The molecule has 2 aromatic rings. The molecule has 0 aliphatic heterocycles. The molecular formula is C14H12N4OS. The number of anilines is 1. The van der Waals surface area contributed by atoms with Crippen molar-refractivity contribution in [2.75, 3.05) is 5.32 Å². The lowest BCUT2D eigenvalue weighted by molar-refractivity contribution is -0.114. The van der Waals surface area contributed by atoms with Crippen molar-refractivity contribution in [3.8, 4) is 6.07 Å². The molecule has 5 nitrogen and oxygen atoms in total. The van der Waals surface area contributed by atoms with Gasteiger partial charge in [-0.2, -0.15) is 5.26 Å². The van der Waals surface area contributed by atoms with E-state index in [1.807, 2.05) is 37.3 Å². The Hall–Kier alpha value is -2.39. The number of carbonyl (C=O) groups excluding carboxylic acids is 1. The number of nitrogens with one attached hydrogen (secondary N) is 1. The van der Waals surface area contributed by atoms with Gasteiger partial charge in [0, 0.05) is 23.2 Å². The van der Waals surface area contributed by atoms with Gasteiger partial charge in [0.25, 0.3) is 0 Å². The maximum Gasteiger partial charge on any atom is 0.221 e. The lowest BCUT2D eigenvalue weighted by Gasteiger charge is -2.04. The standard InChI is InChI=1S/C14H12N4OS/c1-9-7-12(8-15)18-14(16-9)20-13-5-3-11(4-6-13)17-10(2)19/h3-7H,1-2H3,(H,17,19). The van der Waals surface area contributed by atoms with E-state index < -0.39 is 0 Å². The first-order valence-corrected chi connectivity index (χ1v) is 6.70. The summed E-state index contributed by atoms with van der Waals surface area (Å²) in [6, 6.07) is 11.0. The lowest BCUT2D eigenvalue weighted by Crippen LogP contribution is -2.05. The molecule has 0 unspecified atom stereocenters. The molecule has 2 rings (SSSR count). The van der Waals surface area contributed by atoms with E-state index in [0.29, 0.717) is 10.9 Å². The molecule has 100 valence electrons. The smallest absolute Gasteiger partial charge is 0.221 e. The Morgan fingerprint density at radius 3 is 2.60 bits per heavy atom. The van der Waals surface area contributed by atoms with Gasteiger partial charge in [-0.25, -0.2) is 9.97 Å². The van der Waals surface area contributed by atoms with Crippen molar-refractivity contribution in [2.24, 2.45) is 0 Å². The first-order valence-electron chi connectivity index (χ1n) is 5.88. The fourth-order valence-electron chi connectivity index (χ4n) is 1.56. The fraction of sp³-hybridized carbons (Fsp3) is 0.143. The van der Waals surface area contributed by atoms with E-state index in [9.17, 15) is 4.79 Å². The molecule has 0 atom stereocenters. The van der Waals surface area contributed by atoms with Crippen molar-refractivity contribution < 1.29 is 4.79 Å². The Morgan fingerprint density at radius 2 is 2.00 bits per heavy atom. The highest BCUT2D eigenvalue weighted by atomic mass is 32.2. The second-order valence-electron chi connectivity index (χ2n) is 4.10. The SMILES string of the molecule is CC(=O)Nc1ccc(Sc2nc(C)cc(C#N)n2)cc1. The normalized spacial score (nSPS) is 9.85. The molecule has 0 saturated heterocycles. The third kappa shape index (κ3) is 3.80. The molecule has 0 saturated carbocycles. The summed E-state index contributed by atoms with van der Waals surface area (Å²) in [4.78, 5) is 20.3. The summed E-state index contributed by atoms with van der Waals surface area (Å²) in [5, 5.41) is 12.1. The third-order valence-corrected chi connectivity index (χ3v) is 3.21. The Labute approximate surface area is 121 Å².